The number of ether oxygens (including phenoxy) is 2. The van der Waals surface area contributed by atoms with Crippen LogP contribution in [-0.4, -0.2) is 44.7 Å². The van der Waals surface area contributed by atoms with Crippen molar-refractivity contribution in [3.05, 3.63) is 143 Å². The lowest BCUT2D eigenvalue weighted by Gasteiger charge is -2.09. The summed E-state index contributed by atoms with van der Waals surface area (Å²) < 4.78 is 38.6. The number of hydrogen-bond donors (Lipinski definition) is 0. The first-order chi connectivity index (χ1) is 24.4. The Kier molecular flexibility index (Phi) is 10.5. The Balaban J connectivity index is 0.000000178. The average Bonchev–Trinajstić information content (AvgIpc) is 3.96. The van der Waals surface area contributed by atoms with Gasteiger partial charge in [-0.25, -0.2) is 23.3 Å². The summed E-state index contributed by atoms with van der Waals surface area (Å²) in [6.07, 6.45) is 6.07. The molecule has 252 valence electrons. The lowest BCUT2D eigenvalue weighted by atomic mass is 10.1. The minimum Gasteiger partial charge on any atom is -0.463 e. The first kappa shape index (κ1) is 33.9. The van der Waals surface area contributed by atoms with Gasteiger partial charge in [-0.2, -0.15) is 10.2 Å². The van der Waals surface area contributed by atoms with E-state index < -0.39 is 11.9 Å². The molecule has 0 radical (unpaired) electrons. The van der Waals surface area contributed by atoms with Crippen LogP contribution in [0.5, 0.6) is 0 Å². The highest BCUT2D eigenvalue weighted by atomic mass is 79.9. The normalized spacial score (nSPS) is 10.7. The van der Waals surface area contributed by atoms with E-state index in [0.29, 0.717) is 40.6 Å². The maximum Gasteiger partial charge on any atom is 0.342 e. The molecule has 0 unspecified atom stereocenters. The summed E-state index contributed by atoms with van der Waals surface area (Å²) in [5.74, 6) is -0.0709. The largest absolute Gasteiger partial charge is 0.463 e. The van der Waals surface area contributed by atoms with E-state index >= 15 is 0 Å². The van der Waals surface area contributed by atoms with E-state index in [2.05, 4.69) is 26.1 Å². The number of rotatable bonds is 9. The molecule has 3 aromatic carbocycles. The molecule has 4 heterocycles. The standard InChI is InChI=1S/C22H17FN2O3.C16H13BrN2O3/c1-2-27-22(26)19-14-24-25(21(19)20-4-3-13-28-20)18-11-7-16(8-12-18)15-5-9-17(23)10-6-15;1-2-21-16(20)13-10-18-19(12-7-5-11(17)6-8-12)15(13)14-4-3-9-22-14/h3-14H,2H2,1H3;3-10H,2H2,1H3. The fraction of sp³-hybridized carbons (Fsp3) is 0.105. The molecule has 0 spiro atoms. The van der Waals surface area contributed by atoms with Crippen LogP contribution in [0.3, 0.4) is 0 Å². The van der Waals surface area contributed by atoms with E-state index in [1.54, 1.807) is 72.1 Å². The van der Waals surface area contributed by atoms with Gasteiger partial charge in [0.25, 0.3) is 0 Å². The van der Waals surface area contributed by atoms with Crippen molar-refractivity contribution in [3.63, 3.8) is 0 Å². The molecule has 0 fully saturated rings. The number of halogens is 2. The second kappa shape index (κ2) is 15.5. The molecule has 0 saturated carbocycles. The highest BCUT2D eigenvalue weighted by Crippen LogP contribution is 2.30. The van der Waals surface area contributed by atoms with E-state index in [-0.39, 0.29) is 12.4 Å². The van der Waals surface area contributed by atoms with Gasteiger partial charge in [0.2, 0.25) is 0 Å². The molecule has 10 nitrogen and oxygen atoms in total. The number of hydrogen-bond acceptors (Lipinski definition) is 8. The molecule has 0 atom stereocenters. The number of carbonyl (C=O) groups excluding carboxylic acids is 2. The van der Waals surface area contributed by atoms with Gasteiger partial charge in [0.05, 0.1) is 49.5 Å². The molecule has 12 heteroatoms. The third-order valence-electron chi connectivity index (χ3n) is 7.40. The number of benzene rings is 3. The summed E-state index contributed by atoms with van der Waals surface area (Å²) in [7, 11) is 0. The van der Waals surface area contributed by atoms with Gasteiger partial charge < -0.3 is 18.3 Å². The third kappa shape index (κ3) is 7.35. The Bertz CT molecular complexity index is 2170. The molecule has 0 aliphatic carbocycles. The van der Waals surface area contributed by atoms with Crippen LogP contribution in [0.1, 0.15) is 34.6 Å². The molecule has 4 aromatic heterocycles. The zero-order valence-corrected chi connectivity index (χ0v) is 28.5. The number of aromatic nitrogens is 4. The molecular weight excluding hydrogens is 707 g/mol. The molecule has 50 heavy (non-hydrogen) atoms. The first-order valence-electron chi connectivity index (χ1n) is 15.6. The highest BCUT2D eigenvalue weighted by Gasteiger charge is 2.24. The van der Waals surface area contributed by atoms with Gasteiger partial charge in [-0.05, 0) is 97.8 Å². The monoisotopic (exact) mass is 736 g/mol. The van der Waals surface area contributed by atoms with E-state index in [9.17, 15) is 14.0 Å². The van der Waals surface area contributed by atoms with Crippen molar-refractivity contribution in [1.29, 1.82) is 0 Å². The summed E-state index contributed by atoms with van der Waals surface area (Å²) >= 11 is 3.40. The van der Waals surface area contributed by atoms with Crippen molar-refractivity contribution in [1.82, 2.24) is 19.6 Å². The molecule has 0 aliphatic rings. The molecule has 0 amide bonds. The molecule has 0 aliphatic heterocycles. The van der Waals surface area contributed by atoms with Crippen LogP contribution in [0.2, 0.25) is 0 Å². The lowest BCUT2D eigenvalue weighted by Crippen LogP contribution is -2.06. The summed E-state index contributed by atoms with van der Waals surface area (Å²) in [5, 5.41) is 8.68. The first-order valence-corrected chi connectivity index (χ1v) is 16.4. The van der Waals surface area contributed by atoms with Crippen molar-refractivity contribution in [2.45, 2.75) is 13.8 Å². The number of carbonyl (C=O) groups is 2. The highest BCUT2D eigenvalue weighted by molar-refractivity contribution is 9.10. The lowest BCUT2D eigenvalue weighted by molar-refractivity contribution is 0.0517. The third-order valence-corrected chi connectivity index (χ3v) is 7.93. The Morgan fingerprint density at radius 1 is 0.660 bits per heavy atom. The maximum atomic E-state index is 13.1. The van der Waals surface area contributed by atoms with Crippen LogP contribution < -0.4 is 0 Å². The Morgan fingerprint density at radius 2 is 1.08 bits per heavy atom. The van der Waals surface area contributed by atoms with Crippen LogP contribution in [0.25, 0.3) is 45.4 Å². The summed E-state index contributed by atoms with van der Waals surface area (Å²) in [4.78, 5) is 24.5. The van der Waals surface area contributed by atoms with Crippen molar-refractivity contribution >= 4 is 27.9 Å². The Labute approximate surface area is 294 Å². The van der Waals surface area contributed by atoms with Crippen LogP contribution in [0.15, 0.2) is 135 Å². The minimum absolute atomic E-state index is 0.272. The van der Waals surface area contributed by atoms with Crippen LogP contribution in [0, 0.1) is 5.82 Å². The summed E-state index contributed by atoms with van der Waals surface area (Å²) in [5.41, 5.74) is 5.24. The maximum absolute atomic E-state index is 13.1. The topological polar surface area (TPSA) is 115 Å². The predicted octanol–water partition coefficient (Wildman–Crippen LogP) is 9.19. The van der Waals surface area contributed by atoms with Crippen molar-refractivity contribution in [2.75, 3.05) is 13.2 Å². The second-order valence-electron chi connectivity index (χ2n) is 10.6. The van der Waals surface area contributed by atoms with Crippen molar-refractivity contribution in [3.8, 4) is 45.4 Å². The second-order valence-corrected chi connectivity index (χ2v) is 11.5. The Morgan fingerprint density at radius 3 is 1.48 bits per heavy atom. The number of furan rings is 2. The van der Waals surface area contributed by atoms with Gasteiger partial charge in [0.15, 0.2) is 11.5 Å². The van der Waals surface area contributed by atoms with Gasteiger partial charge in [-0.3, -0.25) is 0 Å². The fourth-order valence-corrected chi connectivity index (χ4v) is 5.39. The van der Waals surface area contributed by atoms with Crippen LogP contribution in [-0.2, 0) is 9.47 Å². The molecule has 0 N–H and O–H groups in total. The van der Waals surface area contributed by atoms with Crippen LogP contribution >= 0.6 is 15.9 Å². The van der Waals surface area contributed by atoms with E-state index in [4.69, 9.17) is 18.3 Å². The molecule has 0 bridgehead atoms. The SMILES string of the molecule is CCOC(=O)c1cnn(-c2ccc(-c3ccc(F)cc3)cc2)c1-c1ccco1.CCOC(=O)c1cnn(-c2ccc(Br)cc2)c1-c1ccco1. The fourth-order valence-electron chi connectivity index (χ4n) is 5.13. The van der Waals surface area contributed by atoms with Gasteiger partial charge in [-0.15, -0.1) is 0 Å². The van der Waals surface area contributed by atoms with Crippen LogP contribution in [0.4, 0.5) is 4.39 Å². The van der Waals surface area contributed by atoms with E-state index in [0.717, 1.165) is 27.0 Å². The predicted molar refractivity (Wildman–Crippen MR) is 188 cm³/mol. The minimum atomic E-state index is -0.455. The Hall–Kier alpha value is -6.01. The smallest absolute Gasteiger partial charge is 0.342 e. The molecule has 7 aromatic rings. The summed E-state index contributed by atoms with van der Waals surface area (Å²) in [6, 6.07) is 28.6. The molecule has 0 saturated heterocycles. The van der Waals surface area contributed by atoms with Crippen molar-refractivity contribution < 1.29 is 32.3 Å². The van der Waals surface area contributed by atoms with Crippen molar-refractivity contribution in [2.24, 2.45) is 0 Å². The molecular formula is C38H30BrFN4O6. The van der Waals surface area contributed by atoms with Gasteiger partial charge in [0.1, 0.15) is 28.3 Å². The zero-order chi connectivity index (χ0) is 35.0. The van der Waals surface area contributed by atoms with Gasteiger partial charge >= 0.3 is 11.9 Å². The molecule has 7 rings (SSSR count). The quantitative estimate of drug-likeness (QED) is 0.135. The van der Waals surface area contributed by atoms with Gasteiger partial charge in [0, 0.05) is 4.47 Å². The zero-order valence-electron chi connectivity index (χ0n) is 27.0. The number of esters is 2. The van der Waals surface area contributed by atoms with E-state index in [1.165, 1.54) is 24.5 Å². The number of nitrogens with zero attached hydrogens (tertiary/aromatic N) is 4. The van der Waals surface area contributed by atoms with Gasteiger partial charge in [-0.1, -0.05) is 40.2 Å². The van der Waals surface area contributed by atoms with E-state index in [1.807, 2.05) is 48.5 Å². The summed E-state index contributed by atoms with van der Waals surface area (Å²) in [6.45, 7) is 4.10. The average molecular weight is 738 g/mol.